The molecule has 0 bridgehead atoms. The third-order valence-corrected chi connectivity index (χ3v) is 4.43. The molecule has 5 nitrogen and oxygen atoms in total. The van der Waals surface area contributed by atoms with Crippen LogP contribution in [-0.4, -0.2) is 28.4 Å². The Kier molecular flexibility index (Phi) is 4.43. The standard InChI is InChI=1S/C17H20FN3O2/c18-14-6-3-5-13-15(22)8-11(20-17(13)14)10-21-7-2-1-4-12(21)9-16(19)23/h3,5-6,8,12H,1-2,4,7,9-10H2,(H2,19,23)(H,20,22)/t12-/m1/s1. The van der Waals surface area contributed by atoms with E-state index in [0.717, 1.165) is 25.8 Å². The van der Waals surface area contributed by atoms with Gasteiger partial charge in [-0.15, -0.1) is 0 Å². The molecule has 3 rings (SSSR count). The summed E-state index contributed by atoms with van der Waals surface area (Å²) in [6.45, 7) is 1.33. The van der Waals surface area contributed by atoms with Gasteiger partial charge in [-0.2, -0.15) is 0 Å². The lowest BCUT2D eigenvalue weighted by atomic mass is 9.98. The van der Waals surface area contributed by atoms with Gasteiger partial charge in [0, 0.05) is 36.2 Å². The van der Waals surface area contributed by atoms with E-state index >= 15 is 0 Å². The molecule has 1 saturated heterocycles. The highest BCUT2D eigenvalue weighted by molar-refractivity contribution is 5.79. The summed E-state index contributed by atoms with van der Waals surface area (Å²) in [5.41, 5.74) is 6.02. The zero-order valence-electron chi connectivity index (χ0n) is 12.8. The van der Waals surface area contributed by atoms with Gasteiger partial charge in [0.15, 0.2) is 5.43 Å². The van der Waals surface area contributed by atoms with Gasteiger partial charge in [0.05, 0.1) is 5.52 Å². The first-order valence-electron chi connectivity index (χ1n) is 7.87. The number of para-hydroxylation sites is 1. The van der Waals surface area contributed by atoms with Crippen LogP contribution < -0.4 is 11.2 Å². The van der Waals surface area contributed by atoms with Gasteiger partial charge in [-0.3, -0.25) is 14.5 Å². The number of nitrogens with one attached hydrogen (secondary N) is 1. The number of amides is 1. The van der Waals surface area contributed by atoms with E-state index < -0.39 is 5.82 Å². The summed E-state index contributed by atoms with van der Waals surface area (Å²) in [5.74, 6) is -0.756. The number of H-pyrrole nitrogens is 1. The van der Waals surface area contributed by atoms with Crippen molar-refractivity contribution < 1.29 is 9.18 Å². The van der Waals surface area contributed by atoms with Crippen molar-refractivity contribution in [2.45, 2.75) is 38.3 Å². The Morgan fingerprint density at radius 2 is 2.22 bits per heavy atom. The van der Waals surface area contributed by atoms with Crippen molar-refractivity contribution in [1.82, 2.24) is 9.88 Å². The maximum atomic E-state index is 13.9. The second-order valence-electron chi connectivity index (χ2n) is 6.11. The number of primary amides is 1. The first-order chi connectivity index (χ1) is 11.0. The van der Waals surface area contributed by atoms with Crippen LogP contribution in [0.3, 0.4) is 0 Å². The minimum atomic E-state index is -0.436. The van der Waals surface area contributed by atoms with E-state index in [1.54, 1.807) is 6.07 Å². The van der Waals surface area contributed by atoms with Crippen molar-refractivity contribution in [2.24, 2.45) is 5.73 Å². The molecule has 1 aliphatic rings. The van der Waals surface area contributed by atoms with Crippen molar-refractivity contribution in [3.8, 4) is 0 Å². The lowest BCUT2D eigenvalue weighted by Gasteiger charge is -2.35. The minimum Gasteiger partial charge on any atom is -0.370 e. The highest BCUT2D eigenvalue weighted by Gasteiger charge is 2.24. The smallest absolute Gasteiger partial charge is 0.218 e. The molecular formula is C17H20FN3O2. The largest absolute Gasteiger partial charge is 0.370 e. The van der Waals surface area contributed by atoms with E-state index in [9.17, 15) is 14.0 Å². The van der Waals surface area contributed by atoms with Crippen LogP contribution in [0.5, 0.6) is 0 Å². The van der Waals surface area contributed by atoms with Crippen LogP contribution in [0.25, 0.3) is 10.9 Å². The van der Waals surface area contributed by atoms with Crippen molar-refractivity contribution in [3.63, 3.8) is 0 Å². The quantitative estimate of drug-likeness (QED) is 0.904. The Bertz CT molecular complexity index is 787. The molecule has 0 unspecified atom stereocenters. The van der Waals surface area contributed by atoms with Crippen molar-refractivity contribution in [3.05, 3.63) is 46.0 Å². The number of nitrogens with zero attached hydrogens (tertiary/aromatic N) is 1. The molecule has 122 valence electrons. The molecule has 3 N–H and O–H groups in total. The molecule has 1 fully saturated rings. The Morgan fingerprint density at radius 3 is 3.00 bits per heavy atom. The third-order valence-electron chi connectivity index (χ3n) is 4.43. The molecule has 6 heteroatoms. The number of rotatable bonds is 4. The summed E-state index contributed by atoms with van der Waals surface area (Å²) >= 11 is 0. The zero-order chi connectivity index (χ0) is 16.4. The lowest BCUT2D eigenvalue weighted by molar-refractivity contribution is -0.119. The van der Waals surface area contributed by atoms with E-state index in [2.05, 4.69) is 9.88 Å². The van der Waals surface area contributed by atoms with Crippen LogP contribution in [0.2, 0.25) is 0 Å². The third kappa shape index (κ3) is 3.42. The summed E-state index contributed by atoms with van der Waals surface area (Å²) in [6.07, 6.45) is 3.33. The second-order valence-corrected chi connectivity index (χ2v) is 6.11. The monoisotopic (exact) mass is 317 g/mol. The normalized spacial score (nSPS) is 19.1. The average Bonchev–Trinajstić information content (AvgIpc) is 2.50. The summed E-state index contributed by atoms with van der Waals surface area (Å²) in [7, 11) is 0. The highest BCUT2D eigenvalue weighted by atomic mass is 19.1. The molecule has 1 aromatic carbocycles. The van der Waals surface area contributed by atoms with E-state index in [4.69, 9.17) is 5.73 Å². The average molecular weight is 317 g/mol. The molecule has 1 aromatic heterocycles. The fourth-order valence-corrected chi connectivity index (χ4v) is 3.32. The Hall–Kier alpha value is -2.21. The molecule has 2 heterocycles. The van der Waals surface area contributed by atoms with Gasteiger partial charge in [0.1, 0.15) is 5.82 Å². The topological polar surface area (TPSA) is 79.2 Å². The fraction of sp³-hybridized carbons (Fsp3) is 0.412. The molecule has 2 aromatic rings. The number of fused-ring (bicyclic) bond motifs is 1. The van der Waals surface area contributed by atoms with Crippen LogP contribution in [0.15, 0.2) is 29.1 Å². The van der Waals surface area contributed by atoms with Crippen LogP contribution >= 0.6 is 0 Å². The predicted octanol–water partition coefficient (Wildman–Crippen LogP) is 1.90. The van der Waals surface area contributed by atoms with Crippen LogP contribution in [0, 0.1) is 5.82 Å². The molecule has 23 heavy (non-hydrogen) atoms. The molecule has 1 aliphatic heterocycles. The van der Waals surface area contributed by atoms with Crippen molar-refractivity contribution in [2.75, 3.05) is 6.54 Å². The van der Waals surface area contributed by atoms with E-state index in [1.165, 1.54) is 18.2 Å². The SMILES string of the molecule is NC(=O)C[C@H]1CCCCN1Cc1cc(=O)c2cccc(F)c2[nH]1. The van der Waals surface area contributed by atoms with Crippen LogP contribution in [-0.2, 0) is 11.3 Å². The number of hydrogen-bond acceptors (Lipinski definition) is 3. The lowest BCUT2D eigenvalue weighted by Crippen LogP contribution is -2.41. The number of hydrogen-bond donors (Lipinski definition) is 2. The molecule has 1 atom stereocenters. The summed E-state index contributed by atoms with van der Waals surface area (Å²) in [5, 5.41) is 0.348. The van der Waals surface area contributed by atoms with Gasteiger partial charge >= 0.3 is 0 Å². The summed E-state index contributed by atoms with van der Waals surface area (Å²) in [6, 6.07) is 6.06. The second kappa shape index (κ2) is 6.50. The number of nitrogens with two attached hydrogens (primary N) is 1. The number of carbonyl (C=O) groups excluding carboxylic acids is 1. The molecular weight excluding hydrogens is 297 g/mol. The Balaban J connectivity index is 1.89. The number of benzene rings is 1. The molecule has 0 radical (unpaired) electrons. The summed E-state index contributed by atoms with van der Waals surface area (Å²) in [4.78, 5) is 28.6. The van der Waals surface area contributed by atoms with E-state index in [-0.39, 0.29) is 22.9 Å². The van der Waals surface area contributed by atoms with Crippen molar-refractivity contribution >= 4 is 16.8 Å². The van der Waals surface area contributed by atoms with Gasteiger partial charge < -0.3 is 10.7 Å². The van der Waals surface area contributed by atoms with Gasteiger partial charge in [-0.25, -0.2) is 4.39 Å². The maximum absolute atomic E-state index is 13.9. The van der Waals surface area contributed by atoms with Gasteiger partial charge in [0.2, 0.25) is 5.91 Å². The first-order valence-corrected chi connectivity index (χ1v) is 7.87. The van der Waals surface area contributed by atoms with Gasteiger partial charge in [0.25, 0.3) is 0 Å². The zero-order valence-corrected chi connectivity index (χ0v) is 12.8. The molecule has 1 amide bonds. The van der Waals surface area contributed by atoms with Crippen LogP contribution in [0.4, 0.5) is 4.39 Å². The first kappa shape index (κ1) is 15.7. The number of carbonyl (C=O) groups is 1. The van der Waals surface area contributed by atoms with E-state index in [1.807, 2.05) is 0 Å². The molecule has 0 saturated carbocycles. The fourth-order valence-electron chi connectivity index (χ4n) is 3.32. The van der Waals surface area contributed by atoms with Gasteiger partial charge in [-0.1, -0.05) is 12.5 Å². The Morgan fingerprint density at radius 1 is 1.39 bits per heavy atom. The number of halogens is 1. The van der Waals surface area contributed by atoms with Gasteiger partial charge in [-0.05, 0) is 31.5 Å². The predicted molar refractivity (Wildman–Crippen MR) is 86.4 cm³/mol. The number of pyridine rings is 1. The maximum Gasteiger partial charge on any atom is 0.218 e. The van der Waals surface area contributed by atoms with Crippen LogP contribution in [0.1, 0.15) is 31.4 Å². The summed E-state index contributed by atoms with van der Waals surface area (Å²) < 4.78 is 13.9. The molecule has 0 aliphatic carbocycles. The number of likely N-dealkylation sites (tertiary alicyclic amines) is 1. The minimum absolute atomic E-state index is 0.0843. The highest BCUT2D eigenvalue weighted by Crippen LogP contribution is 2.22. The molecule has 0 spiro atoms. The Labute approximate surface area is 133 Å². The number of aromatic nitrogens is 1. The van der Waals surface area contributed by atoms with E-state index in [0.29, 0.717) is 24.0 Å². The number of piperidine rings is 1. The van der Waals surface area contributed by atoms with Crippen molar-refractivity contribution in [1.29, 1.82) is 0 Å². The number of aromatic amines is 1.